The smallest absolute Gasteiger partial charge is 0.249 e. The van der Waals surface area contributed by atoms with Crippen LogP contribution in [0.3, 0.4) is 0 Å². The Balaban J connectivity index is 0.000000270. The lowest BCUT2D eigenvalue weighted by atomic mass is 10.0. The number of nitrogens with zero attached hydrogens (tertiary/aromatic N) is 3. The Kier molecular flexibility index (Phi) is 17.9. The predicted molar refractivity (Wildman–Crippen MR) is 237 cm³/mol. The van der Waals surface area contributed by atoms with E-state index < -0.39 is 6.04 Å². The molecule has 5 aromatic carbocycles. The Morgan fingerprint density at radius 3 is 1.73 bits per heavy atom. The van der Waals surface area contributed by atoms with Crippen molar-refractivity contribution >= 4 is 46.7 Å². The summed E-state index contributed by atoms with van der Waals surface area (Å²) in [7, 11) is 10.8. The number of nitrogens with one attached hydrogen (secondary N) is 2. The molecule has 6 aromatic rings. The van der Waals surface area contributed by atoms with E-state index in [1.54, 1.807) is 57.5 Å². The fourth-order valence-electron chi connectivity index (χ4n) is 6.30. The number of hydrogen-bond acceptors (Lipinski definition) is 8. The van der Waals surface area contributed by atoms with Crippen LogP contribution in [0.1, 0.15) is 16.7 Å². The lowest BCUT2D eigenvalue weighted by Crippen LogP contribution is -2.49. The molecule has 11 heteroatoms. The lowest BCUT2D eigenvalue weighted by Gasteiger charge is -2.25. The average molecular weight is 798 g/mol. The van der Waals surface area contributed by atoms with Crippen LogP contribution in [0.2, 0.25) is 0 Å². The molecule has 59 heavy (non-hydrogen) atoms. The summed E-state index contributed by atoms with van der Waals surface area (Å²) < 4.78 is 12.1. The number of likely N-dealkylation sites (N-methyl/N-ethyl adjacent to an activating group) is 2. The first kappa shape index (κ1) is 45.0. The molecule has 1 heterocycles. The summed E-state index contributed by atoms with van der Waals surface area (Å²) in [5, 5.41) is 6.80. The maximum absolute atomic E-state index is 13.5. The van der Waals surface area contributed by atoms with Crippen molar-refractivity contribution in [1.29, 1.82) is 0 Å². The van der Waals surface area contributed by atoms with Crippen LogP contribution in [-0.2, 0) is 45.0 Å². The normalized spacial score (nSPS) is 11.4. The van der Waals surface area contributed by atoms with Crippen LogP contribution in [-0.4, -0.2) is 83.4 Å². The topological polar surface area (TPSA) is 122 Å². The molecule has 0 saturated carbocycles. The van der Waals surface area contributed by atoms with Crippen LogP contribution >= 0.6 is 0 Å². The van der Waals surface area contributed by atoms with Crippen LogP contribution in [0.4, 0.5) is 11.4 Å². The first-order valence-corrected chi connectivity index (χ1v) is 19.3. The number of rotatable bonds is 16. The van der Waals surface area contributed by atoms with Gasteiger partial charge in [0.15, 0.2) is 0 Å². The molecular weight excluding hydrogens is 743 g/mol. The standard InChI is InChI=1S/C29H29N3O4.C10H13NO.C9H13NO/c1-31(23-12-14-24(36-2)15-13-23)29(35)26(18-21-8-4-3-5-9-21)30-28(34)19-22-20-32(16-17-33)27-11-7-6-10-25(22)27;1-11-10(8-12)7-9-5-3-2-4-6-9;1-10(2)8-4-6-9(11-3)7-5-8/h3-15,17,20,26H,16,18-19H2,1-2H3,(H,30,34);2-6,8,10-11H,7H2,1H3;4-7H,1-3H3/t;10-;/m.0./s1. The quantitative estimate of drug-likeness (QED) is 0.106. The number of para-hydroxylation sites is 1. The maximum atomic E-state index is 13.5. The van der Waals surface area contributed by atoms with Crippen LogP contribution in [0, 0.1) is 0 Å². The van der Waals surface area contributed by atoms with Gasteiger partial charge in [0.25, 0.3) is 0 Å². The van der Waals surface area contributed by atoms with Gasteiger partial charge in [-0.25, -0.2) is 0 Å². The third-order valence-electron chi connectivity index (χ3n) is 9.62. The molecule has 1 unspecified atom stereocenters. The Morgan fingerprint density at radius 1 is 0.695 bits per heavy atom. The Bertz CT molecular complexity index is 2190. The predicted octanol–water partition coefficient (Wildman–Crippen LogP) is 6.56. The van der Waals surface area contributed by atoms with Gasteiger partial charge in [-0.2, -0.15) is 0 Å². The monoisotopic (exact) mass is 797 g/mol. The van der Waals surface area contributed by atoms with E-state index in [4.69, 9.17) is 9.47 Å². The van der Waals surface area contributed by atoms with Crippen molar-refractivity contribution in [3.63, 3.8) is 0 Å². The lowest BCUT2D eigenvalue weighted by molar-refractivity contribution is -0.127. The van der Waals surface area contributed by atoms with E-state index in [1.165, 1.54) is 11.3 Å². The highest BCUT2D eigenvalue weighted by molar-refractivity contribution is 5.99. The summed E-state index contributed by atoms with van der Waals surface area (Å²) in [5.41, 5.74) is 5.71. The zero-order valence-corrected chi connectivity index (χ0v) is 34.7. The van der Waals surface area contributed by atoms with Crippen molar-refractivity contribution in [3.05, 3.63) is 156 Å². The summed E-state index contributed by atoms with van der Waals surface area (Å²) in [6, 6.07) is 41.6. The van der Waals surface area contributed by atoms with Gasteiger partial charge in [-0.3, -0.25) is 9.59 Å². The second-order valence-corrected chi connectivity index (χ2v) is 13.9. The first-order valence-electron chi connectivity index (χ1n) is 19.3. The number of anilines is 2. The van der Waals surface area contributed by atoms with E-state index in [-0.39, 0.29) is 30.8 Å². The molecule has 2 atom stereocenters. The van der Waals surface area contributed by atoms with Gasteiger partial charge in [-0.05, 0) is 84.8 Å². The molecule has 0 aliphatic carbocycles. The van der Waals surface area contributed by atoms with Crippen molar-refractivity contribution in [1.82, 2.24) is 15.2 Å². The number of amides is 2. The minimum atomic E-state index is -0.754. The molecule has 0 aliphatic rings. The number of ether oxygens (including phenoxy) is 2. The molecule has 308 valence electrons. The van der Waals surface area contributed by atoms with E-state index in [1.807, 2.05) is 134 Å². The van der Waals surface area contributed by atoms with Gasteiger partial charge in [0.2, 0.25) is 11.8 Å². The number of carbonyl (C=O) groups excluding carboxylic acids is 4. The second kappa shape index (κ2) is 23.5. The highest BCUT2D eigenvalue weighted by Crippen LogP contribution is 2.23. The van der Waals surface area contributed by atoms with Gasteiger partial charge < -0.3 is 44.1 Å². The van der Waals surface area contributed by atoms with E-state index in [0.717, 1.165) is 46.8 Å². The Morgan fingerprint density at radius 2 is 1.22 bits per heavy atom. The van der Waals surface area contributed by atoms with Gasteiger partial charge in [0, 0.05) is 56.0 Å². The van der Waals surface area contributed by atoms with Gasteiger partial charge in [-0.1, -0.05) is 78.9 Å². The fraction of sp³-hybridized carbons (Fsp3) is 0.250. The van der Waals surface area contributed by atoms with Crippen LogP contribution in [0.25, 0.3) is 10.9 Å². The number of methoxy groups -OCH3 is 2. The highest BCUT2D eigenvalue weighted by Gasteiger charge is 2.26. The second-order valence-electron chi connectivity index (χ2n) is 13.9. The number of hydrogen-bond donors (Lipinski definition) is 2. The zero-order valence-electron chi connectivity index (χ0n) is 34.7. The highest BCUT2D eigenvalue weighted by atomic mass is 16.5. The summed E-state index contributed by atoms with van der Waals surface area (Å²) in [6.07, 6.45) is 4.82. The van der Waals surface area contributed by atoms with Gasteiger partial charge >= 0.3 is 0 Å². The van der Waals surface area contributed by atoms with Crippen molar-refractivity contribution < 1.29 is 28.7 Å². The number of carbonyl (C=O) groups is 4. The van der Waals surface area contributed by atoms with Crippen molar-refractivity contribution in [2.75, 3.05) is 52.2 Å². The fourth-order valence-corrected chi connectivity index (χ4v) is 6.30. The average Bonchev–Trinajstić information content (AvgIpc) is 3.62. The third-order valence-corrected chi connectivity index (χ3v) is 9.62. The number of benzene rings is 5. The molecule has 2 amide bonds. The molecule has 6 rings (SSSR count). The van der Waals surface area contributed by atoms with Crippen molar-refractivity contribution in [2.45, 2.75) is 37.9 Å². The molecule has 0 saturated heterocycles. The van der Waals surface area contributed by atoms with E-state index in [2.05, 4.69) is 15.5 Å². The summed E-state index contributed by atoms with van der Waals surface area (Å²) in [5.74, 6) is 1.11. The maximum Gasteiger partial charge on any atom is 0.249 e. The minimum absolute atomic E-state index is 0.0626. The minimum Gasteiger partial charge on any atom is -0.497 e. The van der Waals surface area contributed by atoms with Crippen molar-refractivity contribution in [3.8, 4) is 11.5 Å². The summed E-state index contributed by atoms with van der Waals surface area (Å²) >= 11 is 0. The third kappa shape index (κ3) is 13.7. The molecular formula is C48H55N5O6. The summed E-state index contributed by atoms with van der Waals surface area (Å²) in [4.78, 5) is 51.9. The largest absolute Gasteiger partial charge is 0.497 e. The molecule has 1 aromatic heterocycles. The van der Waals surface area contributed by atoms with Crippen LogP contribution < -0.4 is 29.9 Å². The van der Waals surface area contributed by atoms with Gasteiger partial charge in [0.1, 0.15) is 30.1 Å². The first-order chi connectivity index (χ1) is 28.6. The number of aromatic nitrogens is 1. The zero-order chi connectivity index (χ0) is 42.6. The van der Waals surface area contributed by atoms with Crippen molar-refractivity contribution in [2.24, 2.45) is 0 Å². The SMILES string of the molecule is CN[C@H](C=O)Cc1ccccc1.COc1ccc(N(C)C(=O)C(Cc2ccccc2)NC(=O)Cc2cn(CC=O)c3ccccc23)cc1.COc1ccc(N(C)C)cc1. The summed E-state index contributed by atoms with van der Waals surface area (Å²) in [6.45, 7) is 0.212. The van der Waals surface area contributed by atoms with Gasteiger partial charge in [-0.15, -0.1) is 0 Å². The number of fused-ring (bicyclic) bond motifs is 1. The Labute approximate surface area is 347 Å². The van der Waals surface area contributed by atoms with E-state index in [9.17, 15) is 19.2 Å². The number of aldehydes is 2. The van der Waals surface area contributed by atoms with Crippen LogP contribution in [0.15, 0.2) is 140 Å². The molecule has 0 bridgehead atoms. The van der Waals surface area contributed by atoms with E-state index >= 15 is 0 Å². The Hall–Kier alpha value is -6.72. The van der Waals surface area contributed by atoms with E-state index in [0.29, 0.717) is 17.9 Å². The molecule has 0 fully saturated rings. The molecule has 0 radical (unpaired) electrons. The van der Waals surface area contributed by atoms with Crippen LogP contribution in [0.5, 0.6) is 11.5 Å². The molecule has 0 spiro atoms. The molecule has 2 N–H and O–H groups in total. The molecule has 0 aliphatic heterocycles. The van der Waals surface area contributed by atoms with Gasteiger partial charge in [0.05, 0.1) is 33.2 Å². The molecule has 11 nitrogen and oxygen atoms in total.